The molecule has 1 saturated heterocycles. The van der Waals surface area contributed by atoms with Crippen LogP contribution < -0.4 is 5.32 Å². The molecule has 0 aromatic heterocycles. The lowest BCUT2D eigenvalue weighted by molar-refractivity contribution is 0.0903. The van der Waals surface area contributed by atoms with E-state index in [9.17, 15) is 4.79 Å². The summed E-state index contributed by atoms with van der Waals surface area (Å²) >= 11 is 3.38. The second-order valence-electron chi connectivity index (χ2n) is 4.83. The lowest BCUT2D eigenvalue weighted by Gasteiger charge is -2.31. The fourth-order valence-electron chi connectivity index (χ4n) is 2.33. The van der Waals surface area contributed by atoms with Crippen molar-refractivity contribution in [3.8, 4) is 0 Å². The van der Waals surface area contributed by atoms with E-state index >= 15 is 0 Å². The fraction of sp³-hybridized carbons (Fsp3) is 0.500. The molecule has 0 saturated carbocycles. The smallest absolute Gasteiger partial charge is 0.176 e. The van der Waals surface area contributed by atoms with Crippen LogP contribution in [0.3, 0.4) is 0 Å². The Morgan fingerprint density at radius 2 is 1.94 bits per heavy atom. The highest BCUT2D eigenvalue weighted by Gasteiger charge is 2.19. The molecule has 1 aliphatic rings. The highest BCUT2D eigenvalue weighted by atomic mass is 79.9. The number of nitrogens with zero attached hydrogens (tertiary/aromatic N) is 1. The van der Waals surface area contributed by atoms with Crippen molar-refractivity contribution in [3.63, 3.8) is 0 Å². The monoisotopic (exact) mass is 310 g/mol. The molecule has 2 rings (SSSR count). The van der Waals surface area contributed by atoms with Gasteiger partial charge in [0, 0.05) is 16.1 Å². The van der Waals surface area contributed by atoms with Crippen molar-refractivity contribution in [1.29, 1.82) is 0 Å². The molecule has 0 amide bonds. The molecule has 0 aliphatic carbocycles. The fourth-order valence-corrected chi connectivity index (χ4v) is 2.59. The van der Waals surface area contributed by atoms with E-state index in [1.807, 2.05) is 31.3 Å². The standard InChI is InChI=1S/C14H19BrN2O/c1-17(13-6-8-16-9-7-13)10-14(18)11-2-4-12(15)5-3-11/h2-5,13,16H,6-10H2,1H3. The van der Waals surface area contributed by atoms with Crippen molar-refractivity contribution in [2.24, 2.45) is 0 Å². The summed E-state index contributed by atoms with van der Waals surface area (Å²) in [5, 5.41) is 3.34. The molecule has 1 N–H and O–H groups in total. The molecule has 1 aromatic rings. The quantitative estimate of drug-likeness (QED) is 0.866. The molecule has 18 heavy (non-hydrogen) atoms. The Morgan fingerprint density at radius 3 is 2.56 bits per heavy atom. The molecule has 0 radical (unpaired) electrons. The third kappa shape index (κ3) is 3.64. The van der Waals surface area contributed by atoms with Crippen LogP contribution in [0.5, 0.6) is 0 Å². The first-order valence-electron chi connectivity index (χ1n) is 6.36. The Morgan fingerprint density at radius 1 is 1.33 bits per heavy atom. The van der Waals surface area contributed by atoms with Gasteiger partial charge >= 0.3 is 0 Å². The summed E-state index contributed by atoms with van der Waals surface area (Å²) in [6.45, 7) is 2.62. The van der Waals surface area contributed by atoms with Crippen molar-refractivity contribution in [2.45, 2.75) is 18.9 Å². The highest BCUT2D eigenvalue weighted by molar-refractivity contribution is 9.10. The molecule has 4 heteroatoms. The number of nitrogens with one attached hydrogen (secondary N) is 1. The summed E-state index contributed by atoms with van der Waals surface area (Å²) in [5.74, 6) is 0.198. The summed E-state index contributed by atoms with van der Waals surface area (Å²) in [5.41, 5.74) is 0.791. The van der Waals surface area contributed by atoms with Gasteiger partial charge in [-0.05, 0) is 45.1 Å². The third-order valence-corrected chi connectivity index (χ3v) is 4.02. The molecule has 3 nitrogen and oxygen atoms in total. The van der Waals surface area contributed by atoms with Gasteiger partial charge in [0.25, 0.3) is 0 Å². The van der Waals surface area contributed by atoms with Crippen LogP contribution in [0.15, 0.2) is 28.7 Å². The molecule has 0 spiro atoms. The number of halogens is 1. The number of ketones is 1. The Bertz CT molecular complexity index is 399. The second kappa shape index (κ2) is 6.45. The molecule has 1 aromatic carbocycles. The number of benzene rings is 1. The SMILES string of the molecule is CN(CC(=O)c1ccc(Br)cc1)C1CCNCC1. The van der Waals surface area contributed by atoms with E-state index in [1.54, 1.807) is 0 Å². The molecule has 1 fully saturated rings. The number of hydrogen-bond donors (Lipinski definition) is 1. The maximum atomic E-state index is 12.1. The highest BCUT2D eigenvalue weighted by Crippen LogP contribution is 2.13. The van der Waals surface area contributed by atoms with Crippen molar-refractivity contribution >= 4 is 21.7 Å². The minimum Gasteiger partial charge on any atom is -0.317 e. The maximum absolute atomic E-state index is 12.1. The van der Waals surface area contributed by atoms with Crippen molar-refractivity contribution < 1.29 is 4.79 Å². The Labute approximate surface area is 117 Å². The van der Waals surface area contributed by atoms with Gasteiger partial charge in [0.15, 0.2) is 5.78 Å². The number of piperidine rings is 1. The predicted molar refractivity (Wildman–Crippen MR) is 77.0 cm³/mol. The Balaban J connectivity index is 1.91. The summed E-state index contributed by atoms with van der Waals surface area (Å²) in [4.78, 5) is 14.3. The van der Waals surface area contributed by atoms with Crippen LogP contribution in [0.25, 0.3) is 0 Å². The molecular weight excluding hydrogens is 292 g/mol. The number of carbonyl (C=O) groups excluding carboxylic acids is 1. The van der Waals surface area contributed by atoms with Gasteiger partial charge in [-0.15, -0.1) is 0 Å². The number of Topliss-reactive ketones (excluding diaryl/α,β-unsaturated/α-hetero) is 1. The molecule has 0 atom stereocenters. The van der Waals surface area contributed by atoms with Gasteiger partial charge in [-0.25, -0.2) is 0 Å². The Kier molecular flexibility index (Phi) is 4.92. The van der Waals surface area contributed by atoms with Gasteiger partial charge < -0.3 is 5.32 Å². The molecule has 0 bridgehead atoms. The molecule has 98 valence electrons. The van der Waals surface area contributed by atoms with E-state index in [-0.39, 0.29) is 5.78 Å². The maximum Gasteiger partial charge on any atom is 0.176 e. The van der Waals surface area contributed by atoms with Gasteiger partial charge in [0.1, 0.15) is 0 Å². The first-order chi connectivity index (χ1) is 8.66. The van der Waals surface area contributed by atoms with Crippen molar-refractivity contribution in [1.82, 2.24) is 10.2 Å². The van der Waals surface area contributed by atoms with E-state index < -0.39 is 0 Å². The predicted octanol–water partition coefficient (Wildman–Crippen LogP) is 2.32. The molecule has 1 heterocycles. The van der Waals surface area contributed by atoms with Gasteiger partial charge in [-0.2, -0.15) is 0 Å². The summed E-state index contributed by atoms with van der Waals surface area (Å²) in [6.07, 6.45) is 2.26. The van der Waals surface area contributed by atoms with Crippen LogP contribution in [0.4, 0.5) is 0 Å². The van der Waals surface area contributed by atoms with Crippen LogP contribution in [0.1, 0.15) is 23.2 Å². The number of likely N-dealkylation sites (N-methyl/N-ethyl adjacent to an activating group) is 1. The zero-order chi connectivity index (χ0) is 13.0. The topological polar surface area (TPSA) is 32.3 Å². The zero-order valence-electron chi connectivity index (χ0n) is 10.7. The summed E-state index contributed by atoms with van der Waals surface area (Å²) in [7, 11) is 2.05. The van der Waals surface area contributed by atoms with Crippen LogP contribution in [0, 0.1) is 0 Å². The first kappa shape index (κ1) is 13.7. The number of hydrogen-bond acceptors (Lipinski definition) is 3. The Hall–Kier alpha value is -0.710. The van der Waals surface area contributed by atoms with Gasteiger partial charge in [-0.3, -0.25) is 9.69 Å². The van der Waals surface area contributed by atoms with Crippen LogP contribution in [0.2, 0.25) is 0 Å². The average molecular weight is 311 g/mol. The minimum atomic E-state index is 0.198. The average Bonchev–Trinajstić information content (AvgIpc) is 2.40. The van der Waals surface area contributed by atoms with Gasteiger partial charge in [-0.1, -0.05) is 28.1 Å². The number of carbonyl (C=O) groups is 1. The van der Waals surface area contributed by atoms with E-state index in [1.165, 1.54) is 0 Å². The van der Waals surface area contributed by atoms with E-state index in [0.717, 1.165) is 36.0 Å². The van der Waals surface area contributed by atoms with E-state index in [0.29, 0.717) is 12.6 Å². The van der Waals surface area contributed by atoms with Crippen LogP contribution in [-0.4, -0.2) is 43.4 Å². The lowest BCUT2D eigenvalue weighted by atomic mass is 10.0. The zero-order valence-corrected chi connectivity index (χ0v) is 12.2. The van der Waals surface area contributed by atoms with Crippen LogP contribution in [-0.2, 0) is 0 Å². The third-order valence-electron chi connectivity index (χ3n) is 3.49. The summed E-state index contributed by atoms with van der Waals surface area (Å²) in [6, 6.07) is 8.12. The van der Waals surface area contributed by atoms with E-state index in [2.05, 4.69) is 26.1 Å². The van der Waals surface area contributed by atoms with Crippen molar-refractivity contribution in [3.05, 3.63) is 34.3 Å². The molecular formula is C14H19BrN2O. The van der Waals surface area contributed by atoms with E-state index in [4.69, 9.17) is 0 Å². The summed E-state index contributed by atoms with van der Waals surface area (Å²) < 4.78 is 1.01. The van der Waals surface area contributed by atoms with Gasteiger partial charge in [0.2, 0.25) is 0 Å². The number of rotatable bonds is 4. The minimum absolute atomic E-state index is 0.198. The second-order valence-corrected chi connectivity index (χ2v) is 5.74. The first-order valence-corrected chi connectivity index (χ1v) is 7.16. The van der Waals surface area contributed by atoms with Crippen LogP contribution >= 0.6 is 15.9 Å². The normalized spacial score (nSPS) is 17.1. The largest absolute Gasteiger partial charge is 0.317 e. The molecule has 0 unspecified atom stereocenters. The van der Waals surface area contributed by atoms with Gasteiger partial charge in [0.05, 0.1) is 6.54 Å². The van der Waals surface area contributed by atoms with Crippen molar-refractivity contribution in [2.75, 3.05) is 26.7 Å². The lowest BCUT2D eigenvalue weighted by Crippen LogP contribution is -2.43. The molecule has 1 aliphatic heterocycles.